The highest BCUT2D eigenvalue weighted by molar-refractivity contribution is 5.81. The van der Waals surface area contributed by atoms with E-state index >= 15 is 0 Å². The average molecular weight is 435 g/mol. The lowest BCUT2D eigenvalue weighted by atomic mass is 9.94. The molecule has 0 aliphatic carbocycles. The van der Waals surface area contributed by atoms with E-state index in [2.05, 4.69) is 42.2 Å². The third kappa shape index (κ3) is 4.51. The highest BCUT2D eigenvalue weighted by atomic mass is 16.5. The van der Waals surface area contributed by atoms with Crippen LogP contribution in [0.5, 0.6) is 0 Å². The first-order valence-corrected chi connectivity index (χ1v) is 12.3. The number of piperidine rings is 1. The summed E-state index contributed by atoms with van der Waals surface area (Å²) in [4.78, 5) is 27.2. The number of nitrogens with zero attached hydrogens (tertiary/aromatic N) is 4. The van der Waals surface area contributed by atoms with E-state index in [1.54, 1.807) is 0 Å². The first kappa shape index (κ1) is 21.4. The maximum Gasteiger partial charge on any atom is 0.251 e. The van der Waals surface area contributed by atoms with E-state index in [1.807, 2.05) is 4.90 Å². The summed E-state index contributed by atoms with van der Waals surface area (Å²) in [6.45, 7) is 6.46. The van der Waals surface area contributed by atoms with Crippen molar-refractivity contribution in [2.24, 2.45) is 0 Å². The lowest BCUT2D eigenvalue weighted by Crippen LogP contribution is -2.43. The monoisotopic (exact) mass is 434 g/mol. The van der Waals surface area contributed by atoms with Gasteiger partial charge in [-0.25, -0.2) is 9.97 Å². The van der Waals surface area contributed by atoms with Crippen molar-refractivity contribution in [3.05, 3.63) is 53.0 Å². The maximum atomic E-state index is 12.7. The first-order chi connectivity index (χ1) is 15.7. The minimum absolute atomic E-state index is 0.176. The fourth-order valence-electron chi connectivity index (χ4n) is 5.35. The highest BCUT2D eigenvalue weighted by Crippen LogP contribution is 2.32. The van der Waals surface area contributed by atoms with Crippen LogP contribution < -0.4 is 4.90 Å². The quantitative estimate of drug-likeness (QED) is 0.719. The van der Waals surface area contributed by atoms with Crippen LogP contribution in [0.1, 0.15) is 60.7 Å². The Hall–Kier alpha value is -2.47. The lowest BCUT2D eigenvalue weighted by molar-refractivity contribution is -0.142. The Morgan fingerprint density at radius 3 is 2.62 bits per heavy atom. The van der Waals surface area contributed by atoms with Gasteiger partial charge in [-0.05, 0) is 57.4 Å². The third-order valence-corrected chi connectivity index (χ3v) is 7.25. The van der Waals surface area contributed by atoms with Crippen LogP contribution in [0, 0.1) is 6.92 Å². The van der Waals surface area contributed by atoms with Crippen molar-refractivity contribution in [3.8, 4) is 0 Å². The van der Waals surface area contributed by atoms with Gasteiger partial charge in [0.25, 0.3) is 5.91 Å². The van der Waals surface area contributed by atoms with Crippen LogP contribution in [0.25, 0.3) is 0 Å². The van der Waals surface area contributed by atoms with E-state index in [0.29, 0.717) is 5.92 Å². The number of rotatable bonds is 5. The molecular formula is C26H34N4O2. The van der Waals surface area contributed by atoms with Gasteiger partial charge < -0.3 is 14.5 Å². The molecule has 2 aromatic rings. The van der Waals surface area contributed by atoms with Gasteiger partial charge in [0.05, 0.1) is 0 Å². The van der Waals surface area contributed by atoms with Crippen LogP contribution in [0.4, 0.5) is 5.82 Å². The number of fused-ring (bicyclic) bond motifs is 1. The Kier molecular flexibility index (Phi) is 6.39. The van der Waals surface area contributed by atoms with E-state index in [-0.39, 0.29) is 12.0 Å². The second kappa shape index (κ2) is 9.57. The predicted molar refractivity (Wildman–Crippen MR) is 125 cm³/mol. The summed E-state index contributed by atoms with van der Waals surface area (Å²) in [6, 6.07) is 10.7. The van der Waals surface area contributed by atoms with Crippen LogP contribution in [-0.4, -0.2) is 59.7 Å². The van der Waals surface area contributed by atoms with Crippen molar-refractivity contribution < 1.29 is 9.53 Å². The molecule has 0 unspecified atom stereocenters. The number of likely N-dealkylation sites (tertiary alicyclic amines) is 1. The largest absolute Gasteiger partial charge is 0.368 e. The molecule has 5 rings (SSSR count). The lowest BCUT2D eigenvalue weighted by Gasteiger charge is -2.34. The molecule has 0 N–H and O–H groups in total. The van der Waals surface area contributed by atoms with Crippen LogP contribution in [0.15, 0.2) is 30.3 Å². The van der Waals surface area contributed by atoms with Gasteiger partial charge in [-0.1, -0.05) is 30.3 Å². The fourth-order valence-corrected chi connectivity index (χ4v) is 5.35. The Morgan fingerprint density at radius 2 is 1.88 bits per heavy atom. The van der Waals surface area contributed by atoms with Gasteiger partial charge in [-0.15, -0.1) is 0 Å². The number of aryl methyl sites for hydroxylation is 1. The van der Waals surface area contributed by atoms with E-state index in [4.69, 9.17) is 14.7 Å². The molecule has 3 aliphatic rings. The molecule has 4 heterocycles. The molecule has 0 saturated carbocycles. The molecule has 32 heavy (non-hydrogen) atoms. The van der Waals surface area contributed by atoms with Crippen molar-refractivity contribution in [2.75, 3.05) is 37.7 Å². The van der Waals surface area contributed by atoms with Gasteiger partial charge >= 0.3 is 0 Å². The molecule has 0 radical (unpaired) electrons. The molecule has 0 bridgehead atoms. The molecule has 3 aliphatic heterocycles. The van der Waals surface area contributed by atoms with Crippen LogP contribution >= 0.6 is 0 Å². The summed E-state index contributed by atoms with van der Waals surface area (Å²) in [5.41, 5.74) is 3.82. The molecule has 6 nitrogen and oxygen atoms in total. The van der Waals surface area contributed by atoms with E-state index in [1.165, 1.54) is 11.1 Å². The first-order valence-electron chi connectivity index (χ1n) is 12.3. The number of carbonyl (C=O) groups excluding carboxylic acids is 1. The summed E-state index contributed by atoms with van der Waals surface area (Å²) < 4.78 is 5.60. The number of benzene rings is 1. The normalized spacial score (nSPS) is 21.6. The zero-order valence-corrected chi connectivity index (χ0v) is 19.1. The maximum absolute atomic E-state index is 12.7. The van der Waals surface area contributed by atoms with Crippen molar-refractivity contribution in [2.45, 2.75) is 63.9 Å². The van der Waals surface area contributed by atoms with Gasteiger partial charge in [0.1, 0.15) is 17.7 Å². The Balaban J connectivity index is 1.27. The standard InChI is InChI=1S/C26H34N4O2/c1-19-22-9-5-14-29(15-11-20-7-3-2-4-8-20)25(22)28-24(27-19)21-12-16-30(17-13-21)26(31)23-10-6-18-32-23/h2-4,7-8,21,23H,5-6,9-18H2,1H3/t23-/m0/s1. The van der Waals surface area contributed by atoms with E-state index in [9.17, 15) is 4.79 Å². The minimum atomic E-state index is -0.216. The van der Waals surface area contributed by atoms with E-state index in [0.717, 1.165) is 95.1 Å². The van der Waals surface area contributed by atoms with Crippen molar-refractivity contribution in [3.63, 3.8) is 0 Å². The molecule has 0 spiro atoms. The van der Waals surface area contributed by atoms with Crippen molar-refractivity contribution in [1.82, 2.24) is 14.9 Å². The summed E-state index contributed by atoms with van der Waals surface area (Å²) in [6.07, 6.45) is 6.77. The van der Waals surface area contributed by atoms with Crippen LogP contribution in [0.3, 0.4) is 0 Å². The summed E-state index contributed by atoms with van der Waals surface area (Å²) in [7, 11) is 0. The predicted octanol–water partition coefficient (Wildman–Crippen LogP) is 3.67. The average Bonchev–Trinajstić information content (AvgIpc) is 3.38. The molecule has 6 heteroatoms. The van der Waals surface area contributed by atoms with E-state index < -0.39 is 0 Å². The molecule has 2 fully saturated rings. The smallest absolute Gasteiger partial charge is 0.251 e. The molecular weight excluding hydrogens is 400 g/mol. The second-order valence-electron chi connectivity index (χ2n) is 9.40. The minimum Gasteiger partial charge on any atom is -0.368 e. The van der Waals surface area contributed by atoms with Crippen LogP contribution in [-0.2, 0) is 22.4 Å². The fraction of sp³-hybridized carbons (Fsp3) is 0.577. The van der Waals surface area contributed by atoms with Crippen molar-refractivity contribution >= 4 is 11.7 Å². The summed E-state index contributed by atoms with van der Waals surface area (Å²) >= 11 is 0. The Morgan fingerprint density at radius 1 is 1.06 bits per heavy atom. The Bertz CT molecular complexity index is 934. The van der Waals surface area contributed by atoms with Gasteiger partial charge in [0.15, 0.2) is 0 Å². The number of amides is 1. The zero-order valence-electron chi connectivity index (χ0n) is 19.1. The number of aromatic nitrogens is 2. The number of carbonyl (C=O) groups is 1. The molecule has 1 aromatic heterocycles. The topological polar surface area (TPSA) is 58.6 Å². The van der Waals surface area contributed by atoms with Gasteiger partial charge in [0.2, 0.25) is 0 Å². The molecule has 1 aromatic carbocycles. The molecule has 170 valence electrons. The second-order valence-corrected chi connectivity index (χ2v) is 9.40. The summed E-state index contributed by atoms with van der Waals surface area (Å²) in [5, 5.41) is 0. The van der Waals surface area contributed by atoms with Crippen molar-refractivity contribution in [1.29, 1.82) is 0 Å². The molecule has 1 amide bonds. The Labute approximate surface area is 191 Å². The highest BCUT2D eigenvalue weighted by Gasteiger charge is 2.32. The van der Waals surface area contributed by atoms with Gasteiger partial charge in [0, 0.05) is 50.0 Å². The van der Waals surface area contributed by atoms with Crippen LogP contribution in [0.2, 0.25) is 0 Å². The number of ether oxygens (including phenoxy) is 1. The molecule has 1 atom stereocenters. The SMILES string of the molecule is Cc1nc(C2CCN(C(=O)[C@@H]3CCCO3)CC2)nc2c1CCCN2CCc1ccccc1. The number of anilines is 1. The van der Waals surface area contributed by atoms with Gasteiger partial charge in [-0.3, -0.25) is 4.79 Å². The number of hydrogen-bond donors (Lipinski definition) is 0. The molecule has 2 saturated heterocycles. The third-order valence-electron chi connectivity index (χ3n) is 7.25. The number of hydrogen-bond acceptors (Lipinski definition) is 5. The zero-order chi connectivity index (χ0) is 21.9. The van der Waals surface area contributed by atoms with Gasteiger partial charge in [-0.2, -0.15) is 0 Å². The summed E-state index contributed by atoms with van der Waals surface area (Å²) in [5.74, 6) is 2.62.